The van der Waals surface area contributed by atoms with Crippen molar-refractivity contribution in [2.45, 2.75) is 54.5 Å². The van der Waals surface area contributed by atoms with Crippen molar-refractivity contribution in [3.8, 4) is 17.2 Å². The predicted octanol–water partition coefficient (Wildman–Crippen LogP) is 2.76. The van der Waals surface area contributed by atoms with Crippen molar-refractivity contribution in [3.63, 3.8) is 0 Å². The number of rotatable bonds is 6. The van der Waals surface area contributed by atoms with Crippen molar-refractivity contribution in [1.29, 1.82) is 5.26 Å². The number of hydrogen-bond acceptors (Lipinski definition) is 5. The third-order valence-corrected chi connectivity index (χ3v) is 9.00. The van der Waals surface area contributed by atoms with Gasteiger partial charge in [0.25, 0.3) is 0 Å². The molecule has 3 fully saturated rings. The van der Waals surface area contributed by atoms with Gasteiger partial charge in [-0.15, -0.1) is 0 Å². The molecule has 2 saturated heterocycles. The summed E-state index contributed by atoms with van der Waals surface area (Å²) >= 11 is 0. The SMILES string of the molecule is N#C[C@@]1(NC(=O)[C@@H]2CCCCN2)C[C@@H]1c1ccc(-c2ccc(S(=O)(=O)N3CCC3)cc2)cc1. The Morgan fingerprint density at radius 3 is 2.24 bits per heavy atom. The second-order valence-electron chi connectivity index (χ2n) is 9.24. The Morgan fingerprint density at radius 2 is 1.70 bits per heavy atom. The van der Waals surface area contributed by atoms with E-state index < -0.39 is 15.6 Å². The van der Waals surface area contributed by atoms with Crippen molar-refractivity contribution in [2.24, 2.45) is 0 Å². The van der Waals surface area contributed by atoms with Gasteiger partial charge in [0.1, 0.15) is 5.54 Å². The van der Waals surface area contributed by atoms with Crippen LogP contribution in [0.5, 0.6) is 0 Å². The van der Waals surface area contributed by atoms with Gasteiger partial charge in [-0.25, -0.2) is 8.42 Å². The number of piperidine rings is 1. The Morgan fingerprint density at radius 1 is 1.03 bits per heavy atom. The molecule has 8 heteroatoms. The van der Waals surface area contributed by atoms with Gasteiger partial charge in [0, 0.05) is 19.0 Å². The van der Waals surface area contributed by atoms with Gasteiger partial charge in [0.05, 0.1) is 17.0 Å². The number of benzene rings is 2. The largest absolute Gasteiger partial charge is 0.336 e. The molecule has 0 radical (unpaired) electrons. The zero-order chi connectivity index (χ0) is 23.1. The van der Waals surface area contributed by atoms with Crippen molar-refractivity contribution >= 4 is 15.9 Å². The third-order valence-electron chi connectivity index (χ3n) is 7.09. The molecule has 0 aromatic heterocycles. The molecule has 2 heterocycles. The molecule has 3 aliphatic rings. The Labute approximate surface area is 194 Å². The molecule has 33 heavy (non-hydrogen) atoms. The average molecular weight is 465 g/mol. The van der Waals surface area contributed by atoms with Gasteiger partial charge >= 0.3 is 0 Å². The number of amides is 1. The van der Waals surface area contributed by atoms with E-state index in [2.05, 4.69) is 16.7 Å². The molecule has 0 unspecified atom stereocenters. The van der Waals surface area contributed by atoms with Gasteiger partial charge in [-0.1, -0.05) is 42.8 Å². The van der Waals surface area contributed by atoms with Crippen LogP contribution in [0.4, 0.5) is 0 Å². The monoisotopic (exact) mass is 464 g/mol. The number of nitriles is 1. The molecule has 7 nitrogen and oxygen atoms in total. The summed E-state index contributed by atoms with van der Waals surface area (Å²) in [4.78, 5) is 12.9. The molecule has 1 amide bonds. The number of hydrogen-bond donors (Lipinski definition) is 2. The number of carbonyl (C=O) groups excluding carboxylic acids is 1. The van der Waals surface area contributed by atoms with E-state index in [9.17, 15) is 18.5 Å². The third kappa shape index (κ3) is 4.17. The summed E-state index contributed by atoms with van der Waals surface area (Å²) in [5, 5.41) is 16.0. The smallest absolute Gasteiger partial charge is 0.243 e. The van der Waals surface area contributed by atoms with Gasteiger partial charge < -0.3 is 10.6 Å². The summed E-state index contributed by atoms with van der Waals surface area (Å²) in [6, 6.07) is 17.1. The second kappa shape index (κ2) is 8.56. The highest BCUT2D eigenvalue weighted by atomic mass is 32.2. The highest BCUT2D eigenvalue weighted by Crippen LogP contribution is 2.51. The molecular formula is C25H28N4O3S. The fourth-order valence-electron chi connectivity index (χ4n) is 4.74. The van der Waals surface area contributed by atoms with Crippen molar-refractivity contribution in [2.75, 3.05) is 19.6 Å². The van der Waals surface area contributed by atoms with Gasteiger partial charge in [-0.2, -0.15) is 9.57 Å². The first-order valence-electron chi connectivity index (χ1n) is 11.6. The Hall–Kier alpha value is -2.73. The van der Waals surface area contributed by atoms with Crippen molar-refractivity contribution < 1.29 is 13.2 Å². The molecule has 2 aliphatic heterocycles. The lowest BCUT2D eigenvalue weighted by molar-refractivity contribution is -0.124. The summed E-state index contributed by atoms with van der Waals surface area (Å²) in [5.41, 5.74) is 2.10. The zero-order valence-electron chi connectivity index (χ0n) is 18.5. The highest BCUT2D eigenvalue weighted by molar-refractivity contribution is 7.89. The van der Waals surface area contributed by atoms with Crippen molar-refractivity contribution in [1.82, 2.24) is 14.9 Å². The van der Waals surface area contributed by atoms with Crippen LogP contribution >= 0.6 is 0 Å². The van der Waals surface area contributed by atoms with E-state index >= 15 is 0 Å². The van der Waals surface area contributed by atoms with Crippen LogP contribution < -0.4 is 10.6 Å². The van der Waals surface area contributed by atoms with E-state index in [-0.39, 0.29) is 17.9 Å². The van der Waals surface area contributed by atoms with E-state index in [1.54, 1.807) is 12.1 Å². The minimum atomic E-state index is -3.38. The van der Waals surface area contributed by atoms with Crippen LogP contribution in [0.25, 0.3) is 11.1 Å². The lowest BCUT2D eigenvalue weighted by atomic mass is 10.00. The molecule has 5 rings (SSSR count). The van der Waals surface area contributed by atoms with E-state index in [4.69, 9.17) is 0 Å². The number of nitrogens with zero attached hydrogens (tertiary/aromatic N) is 2. The van der Waals surface area contributed by atoms with E-state index in [0.29, 0.717) is 24.4 Å². The first kappa shape index (κ1) is 22.1. The number of sulfonamides is 1. The van der Waals surface area contributed by atoms with Crippen LogP contribution in [0.1, 0.15) is 43.6 Å². The van der Waals surface area contributed by atoms with Crippen LogP contribution in [-0.4, -0.2) is 49.8 Å². The fraction of sp³-hybridized carbons (Fsp3) is 0.440. The Balaban J connectivity index is 1.26. The van der Waals surface area contributed by atoms with Crippen LogP contribution in [0.3, 0.4) is 0 Å². The molecule has 0 bridgehead atoms. The zero-order valence-corrected chi connectivity index (χ0v) is 19.3. The Kier molecular flexibility index (Phi) is 5.73. The number of carbonyl (C=O) groups is 1. The molecule has 1 aliphatic carbocycles. The number of nitrogens with one attached hydrogen (secondary N) is 2. The highest BCUT2D eigenvalue weighted by Gasteiger charge is 2.57. The minimum Gasteiger partial charge on any atom is -0.336 e. The fourth-order valence-corrected chi connectivity index (χ4v) is 6.26. The van der Waals surface area contributed by atoms with Gasteiger partial charge in [-0.05, 0) is 61.1 Å². The van der Waals surface area contributed by atoms with Crippen LogP contribution in [0.15, 0.2) is 53.4 Å². The average Bonchev–Trinajstić information content (AvgIpc) is 3.53. The maximum absolute atomic E-state index is 12.6. The van der Waals surface area contributed by atoms with Crippen LogP contribution in [0.2, 0.25) is 0 Å². The molecule has 2 N–H and O–H groups in total. The lowest BCUT2D eigenvalue weighted by Gasteiger charge is -2.29. The van der Waals surface area contributed by atoms with E-state index in [1.165, 1.54) is 4.31 Å². The molecule has 1 saturated carbocycles. The first-order chi connectivity index (χ1) is 15.9. The van der Waals surface area contributed by atoms with E-state index in [1.807, 2.05) is 36.4 Å². The maximum atomic E-state index is 12.6. The molecular weight excluding hydrogens is 436 g/mol. The quantitative estimate of drug-likeness (QED) is 0.684. The standard InChI is InChI=1S/C25H28N4O3S/c26-17-25(28-24(30)23-4-1-2-13-27-23)16-22(25)20-7-5-18(6-8-20)19-9-11-21(12-10-19)33(31,32)29-14-3-15-29/h5-12,22-23,27H,1-4,13-16H2,(H,28,30)/t22-,23+,25+/m1/s1. The summed E-state index contributed by atoms with van der Waals surface area (Å²) in [6.07, 6.45) is 4.45. The second-order valence-corrected chi connectivity index (χ2v) is 11.2. The minimum absolute atomic E-state index is 0.0202. The van der Waals surface area contributed by atoms with Gasteiger partial charge in [-0.3, -0.25) is 4.79 Å². The van der Waals surface area contributed by atoms with Crippen LogP contribution in [0, 0.1) is 11.3 Å². The van der Waals surface area contributed by atoms with Crippen LogP contribution in [-0.2, 0) is 14.8 Å². The summed E-state index contributed by atoms with van der Waals surface area (Å²) in [7, 11) is -3.38. The molecule has 2 aromatic carbocycles. The Bertz CT molecular complexity index is 1180. The molecule has 3 atom stereocenters. The van der Waals surface area contributed by atoms with Crippen molar-refractivity contribution in [3.05, 3.63) is 54.1 Å². The van der Waals surface area contributed by atoms with Gasteiger partial charge in [0.2, 0.25) is 15.9 Å². The summed E-state index contributed by atoms with van der Waals surface area (Å²) < 4.78 is 26.5. The predicted molar refractivity (Wildman–Crippen MR) is 125 cm³/mol. The molecule has 2 aromatic rings. The topological polar surface area (TPSA) is 102 Å². The van der Waals surface area contributed by atoms with E-state index in [0.717, 1.165) is 48.9 Å². The molecule has 172 valence electrons. The van der Waals surface area contributed by atoms with Gasteiger partial charge in [0.15, 0.2) is 0 Å². The summed E-state index contributed by atoms with van der Waals surface area (Å²) in [6.45, 7) is 2.02. The lowest BCUT2D eigenvalue weighted by Crippen LogP contribution is -2.50. The first-order valence-corrected chi connectivity index (χ1v) is 13.0. The molecule has 0 spiro atoms. The summed E-state index contributed by atoms with van der Waals surface area (Å²) in [5.74, 6) is -0.100. The maximum Gasteiger partial charge on any atom is 0.243 e. The normalized spacial score (nSPS) is 27.2.